The predicted molar refractivity (Wildman–Crippen MR) is 65.2 cm³/mol. The van der Waals surface area contributed by atoms with Gasteiger partial charge in [0.25, 0.3) is 0 Å². The summed E-state index contributed by atoms with van der Waals surface area (Å²) in [7, 11) is 0. The second-order valence-electron chi connectivity index (χ2n) is 3.41. The summed E-state index contributed by atoms with van der Waals surface area (Å²) >= 11 is 3.42. The first kappa shape index (κ1) is 12.9. The van der Waals surface area contributed by atoms with Gasteiger partial charge in [-0.15, -0.1) is 0 Å². The van der Waals surface area contributed by atoms with E-state index in [0.29, 0.717) is 18.8 Å². The van der Waals surface area contributed by atoms with E-state index in [1.807, 2.05) is 24.3 Å². The SMILES string of the molecule is C/C(=C/C(=O)O)COCc1ccccc1Br. The lowest BCUT2D eigenvalue weighted by Gasteiger charge is -2.06. The van der Waals surface area contributed by atoms with E-state index >= 15 is 0 Å². The number of aliphatic carboxylic acids is 1. The minimum atomic E-state index is -0.943. The number of carboxylic acids is 1. The van der Waals surface area contributed by atoms with Crippen molar-refractivity contribution in [2.45, 2.75) is 13.5 Å². The molecule has 0 aromatic heterocycles. The van der Waals surface area contributed by atoms with E-state index in [2.05, 4.69) is 15.9 Å². The van der Waals surface area contributed by atoms with Crippen molar-refractivity contribution in [3.63, 3.8) is 0 Å². The normalized spacial score (nSPS) is 11.5. The standard InChI is InChI=1S/C12H13BrO3/c1-9(6-12(14)15)7-16-8-10-4-2-3-5-11(10)13/h2-6H,7-8H2,1H3,(H,14,15)/b9-6-. The molecule has 0 radical (unpaired) electrons. The summed E-state index contributed by atoms with van der Waals surface area (Å²) in [6, 6.07) is 7.77. The molecule has 4 heteroatoms. The van der Waals surface area contributed by atoms with Crippen LogP contribution in [0.15, 0.2) is 40.4 Å². The average Bonchev–Trinajstić information content (AvgIpc) is 2.19. The third kappa shape index (κ3) is 4.59. The molecular formula is C12H13BrO3. The van der Waals surface area contributed by atoms with E-state index < -0.39 is 5.97 Å². The van der Waals surface area contributed by atoms with Gasteiger partial charge in [-0.05, 0) is 24.1 Å². The minimum absolute atomic E-state index is 0.327. The number of hydrogen-bond acceptors (Lipinski definition) is 2. The van der Waals surface area contributed by atoms with Crippen LogP contribution in [0.2, 0.25) is 0 Å². The number of benzene rings is 1. The third-order valence-corrected chi connectivity index (χ3v) is 2.69. The first-order valence-corrected chi connectivity index (χ1v) is 5.60. The molecule has 1 aromatic carbocycles. The molecule has 0 amide bonds. The number of carboxylic acid groups (broad SMARTS) is 1. The van der Waals surface area contributed by atoms with E-state index in [0.717, 1.165) is 16.1 Å². The molecule has 0 atom stereocenters. The Morgan fingerprint density at radius 2 is 2.19 bits per heavy atom. The zero-order chi connectivity index (χ0) is 12.0. The highest BCUT2D eigenvalue weighted by molar-refractivity contribution is 9.10. The van der Waals surface area contributed by atoms with Gasteiger partial charge in [-0.1, -0.05) is 34.1 Å². The topological polar surface area (TPSA) is 46.5 Å². The highest BCUT2D eigenvalue weighted by Crippen LogP contribution is 2.16. The fourth-order valence-corrected chi connectivity index (χ4v) is 1.59. The van der Waals surface area contributed by atoms with E-state index in [1.165, 1.54) is 0 Å². The summed E-state index contributed by atoms with van der Waals surface area (Å²) in [5, 5.41) is 8.50. The maximum Gasteiger partial charge on any atom is 0.328 e. The van der Waals surface area contributed by atoms with Crippen LogP contribution < -0.4 is 0 Å². The Morgan fingerprint density at radius 3 is 2.81 bits per heavy atom. The molecular weight excluding hydrogens is 272 g/mol. The molecule has 0 bridgehead atoms. The summed E-state index contributed by atoms with van der Waals surface area (Å²) in [5.41, 5.74) is 1.74. The van der Waals surface area contributed by atoms with Crippen LogP contribution in [0.5, 0.6) is 0 Å². The van der Waals surface area contributed by atoms with Gasteiger partial charge >= 0.3 is 5.97 Å². The molecule has 0 fully saturated rings. The Morgan fingerprint density at radius 1 is 1.50 bits per heavy atom. The van der Waals surface area contributed by atoms with Gasteiger partial charge in [-0.2, -0.15) is 0 Å². The molecule has 0 aliphatic heterocycles. The maximum absolute atomic E-state index is 10.4. The van der Waals surface area contributed by atoms with Gasteiger partial charge < -0.3 is 9.84 Å². The predicted octanol–water partition coefficient (Wildman–Crippen LogP) is 3.00. The molecule has 3 nitrogen and oxygen atoms in total. The maximum atomic E-state index is 10.4. The molecule has 0 saturated heterocycles. The summed E-state index contributed by atoms with van der Waals surface area (Å²) < 4.78 is 6.40. The van der Waals surface area contributed by atoms with Crippen LogP contribution in [-0.2, 0) is 16.1 Å². The molecule has 0 saturated carbocycles. The number of rotatable bonds is 5. The van der Waals surface area contributed by atoms with E-state index in [-0.39, 0.29) is 0 Å². The van der Waals surface area contributed by atoms with E-state index in [4.69, 9.17) is 9.84 Å². The molecule has 1 aromatic rings. The largest absolute Gasteiger partial charge is 0.478 e. The zero-order valence-electron chi connectivity index (χ0n) is 8.94. The number of halogens is 1. The van der Waals surface area contributed by atoms with Crippen molar-refractivity contribution < 1.29 is 14.6 Å². The minimum Gasteiger partial charge on any atom is -0.478 e. The van der Waals surface area contributed by atoms with Crippen molar-refractivity contribution in [1.29, 1.82) is 0 Å². The lowest BCUT2D eigenvalue weighted by molar-refractivity contribution is -0.131. The summed E-state index contributed by atoms with van der Waals surface area (Å²) in [6.45, 7) is 2.52. The van der Waals surface area contributed by atoms with Crippen molar-refractivity contribution in [2.24, 2.45) is 0 Å². The van der Waals surface area contributed by atoms with Crippen LogP contribution in [0.1, 0.15) is 12.5 Å². The van der Waals surface area contributed by atoms with E-state index in [1.54, 1.807) is 6.92 Å². The smallest absolute Gasteiger partial charge is 0.328 e. The fraction of sp³-hybridized carbons (Fsp3) is 0.250. The van der Waals surface area contributed by atoms with E-state index in [9.17, 15) is 4.79 Å². The van der Waals surface area contributed by atoms with Crippen molar-refractivity contribution in [2.75, 3.05) is 6.61 Å². The van der Waals surface area contributed by atoms with Crippen LogP contribution in [0.25, 0.3) is 0 Å². The molecule has 1 N–H and O–H groups in total. The van der Waals surface area contributed by atoms with Gasteiger partial charge in [0.15, 0.2) is 0 Å². The second kappa shape index (κ2) is 6.45. The molecule has 0 aliphatic rings. The Balaban J connectivity index is 2.42. The monoisotopic (exact) mass is 284 g/mol. The summed E-state index contributed by atoms with van der Waals surface area (Å²) in [5.74, 6) is -0.943. The highest BCUT2D eigenvalue weighted by atomic mass is 79.9. The number of hydrogen-bond donors (Lipinski definition) is 1. The first-order chi connectivity index (χ1) is 7.59. The Kier molecular flexibility index (Phi) is 5.22. The van der Waals surface area contributed by atoms with Gasteiger partial charge in [0.2, 0.25) is 0 Å². The van der Waals surface area contributed by atoms with Crippen molar-refractivity contribution >= 4 is 21.9 Å². The van der Waals surface area contributed by atoms with Crippen LogP contribution >= 0.6 is 15.9 Å². The van der Waals surface area contributed by atoms with Crippen LogP contribution in [-0.4, -0.2) is 17.7 Å². The second-order valence-corrected chi connectivity index (χ2v) is 4.27. The van der Waals surface area contributed by atoms with Crippen LogP contribution in [0.4, 0.5) is 0 Å². The Hall–Kier alpha value is -1.13. The molecule has 0 spiro atoms. The van der Waals surface area contributed by atoms with Crippen molar-refractivity contribution in [1.82, 2.24) is 0 Å². The summed E-state index contributed by atoms with van der Waals surface area (Å²) in [4.78, 5) is 10.4. The Bertz CT molecular complexity index is 399. The van der Waals surface area contributed by atoms with Crippen molar-refractivity contribution in [3.05, 3.63) is 46.0 Å². The number of ether oxygens (including phenoxy) is 1. The zero-order valence-corrected chi connectivity index (χ0v) is 10.5. The molecule has 1 rings (SSSR count). The van der Waals surface area contributed by atoms with Crippen LogP contribution in [0.3, 0.4) is 0 Å². The molecule has 0 unspecified atom stereocenters. The molecule has 0 aliphatic carbocycles. The van der Waals surface area contributed by atoms with Crippen LogP contribution in [0, 0.1) is 0 Å². The van der Waals surface area contributed by atoms with Gasteiger partial charge in [0.1, 0.15) is 0 Å². The molecule has 86 valence electrons. The lowest BCUT2D eigenvalue weighted by Crippen LogP contribution is -1.99. The summed E-state index contributed by atoms with van der Waals surface area (Å²) in [6.07, 6.45) is 1.15. The fourth-order valence-electron chi connectivity index (χ4n) is 1.19. The third-order valence-electron chi connectivity index (χ3n) is 1.92. The van der Waals surface area contributed by atoms with Gasteiger partial charge in [-0.25, -0.2) is 4.79 Å². The highest BCUT2D eigenvalue weighted by Gasteiger charge is 1.99. The van der Waals surface area contributed by atoms with Gasteiger partial charge in [-0.3, -0.25) is 0 Å². The Labute approximate surface area is 103 Å². The van der Waals surface area contributed by atoms with Crippen molar-refractivity contribution in [3.8, 4) is 0 Å². The lowest BCUT2D eigenvalue weighted by atomic mass is 10.2. The number of carbonyl (C=O) groups is 1. The van der Waals surface area contributed by atoms with Gasteiger partial charge in [0, 0.05) is 10.5 Å². The molecule has 0 heterocycles. The molecule has 16 heavy (non-hydrogen) atoms. The average molecular weight is 285 g/mol. The van der Waals surface area contributed by atoms with Gasteiger partial charge in [0.05, 0.1) is 13.2 Å². The quantitative estimate of drug-likeness (QED) is 0.846. The first-order valence-electron chi connectivity index (χ1n) is 4.81.